The fraction of sp³-hybridized carbons (Fsp3) is 0.857. The summed E-state index contributed by atoms with van der Waals surface area (Å²) in [6.45, 7) is 5.92. The average molecular weight is 274 g/mol. The van der Waals surface area contributed by atoms with Gasteiger partial charge >= 0.3 is 5.97 Å². The van der Waals surface area contributed by atoms with Gasteiger partial charge in [-0.25, -0.2) is 0 Å². The highest BCUT2D eigenvalue weighted by atomic mass is 16.6. The van der Waals surface area contributed by atoms with E-state index in [-0.39, 0.29) is 24.8 Å². The van der Waals surface area contributed by atoms with Crippen molar-refractivity contribution in [3.63, 3.8) is 0 Å². The lowest BCUT2D eigenvalue weighted by atomic mass is 10.1. The van der Waals surface area contributed by atoms with Gasteiger partial charge in [-0.15, -0.1) is 0 Å². The summed E-state index contributed by atoms with van der Waals surface area (Å²) in [5.41, 5.74) is 0. The Labute approximate surface area is 115 Å². The van der Waals surface area contributed by atoms with Crippen LogP contribution in [0.4, 0.5) is 0 Å². The van der Waals surface area contributed by atoms with Crippen molar-refractivity contribution in [2.75, 3.05) is 13.2 Å². The summed E-state index contributed by atoms with van der Waals surface area (Å²) in [5.74, 6) is -0.499. The first-order chi connectivity index (χ1) is 9.06. The van der Waals surface area contributed by atoms with E-state index in [9.17, 15) is 9.59 Å². The fourth-order valence-corrected chi connectivity index (χ4v) is 1.73. The minimum Gasteiger partial charge on any atom is -0.452 e. The quantitative estimate of drug-likeness (QED) is 0.460. The van der Waals surface area contributed by atoms with Crippen LogP contribution in [0, 0.1) is 0 Å². The van der Waals surface area contributed by atoms with Crippen LogP contribution in [0.1, 0.15) is 52.9 Å². The third-order valence-corrected chi connectivity index (χ3v) is 2.82. The van der Waals surface area contributed by atoms with Gasteiger partial charge in [0.1, 0.15) is 0 Å². The number of esters is 1. The van der Waals surface area contributed by atoms with E-state index in [1.807, 2.05) is 6.92 Å². The van der Waals surface area contributed by atoms with E-state index in [1.165, 1.54) is 0 Å². The molecular formula is C14H26O5. The first-order valence-electron chi connectivity index (χ1n) is 7.01. The van der Waals surface area contributed by atoms with Crippen LogP contribution in [0.3, 0.4) is 0 Å². The molecule has 0 fully saturated rings. The molecule has 2 unspecified atom stereocenters. The molecule has 0 bridgehead atoms. The van der Waals surface area contributed by atoms with Gasteiger partial charge in [0.25, 0.3) is 0 Å². The molecular weight excluding hydrogens is 248 g/mol. The number of aliphatic hydroxyl groups is 1. The molecule has 0 rings (SSSR count). The van der Waals surface area contributed by atoms with Gasteiger partial charge in [-0.1, -0.05) is 13.3 Å². The Bertz CT molecular complexity index is 265. The standard InChI is InChI=1S/C14H26O5/c1-4-12(16)14(11(3)18-5-2)19-13(17)9-7-6-8-10-15/h11,14-15H,4-10H2,1-3H3. The molecule has 0 aliphatic rings. The average Bonchev–Trinajstić information content (AvgIpc) is 2.40. The third kappa shape index (κ3) is 7.95. The van der Waals surface area contributed by atoms with Gasteiger partial charge in [0.2, 0.25) is 0 Å². The van der Waals surface area contributed by atoms with Crippen LogP contribution in [0.2, 0.25) is 0 Å². The van der Waals surface area contributed by atoms with E-state index < -0.39 is 12.2 Å². The van der Waals surface area contributed by atoms with Crippen LogP contribution in [0.5, 0.6) is 0 Å². The number of aliphatic hydroxyl groups excluding tert-OH is 1. The largest absolute Gasteiger partial charge is 0.452 e. The summed E-state index contributed by atoms with van der Waals surface area (Å²) in [7, 11) is 0. The first-order valence-corrected chi connectivity index (χ1v) is 7.01. The molecule has 0 aliphatic carbocycles. The summed E-state index contributed by atoms with van der Waals surface area (Å²) < 4.78 is 10.6. The van der Waals surface area contributed by atoms with E-state index >= 15 is 0 Å². The van der Waals surface area contributed by atoms with Crippen LogP contribution in [0.25, 0.3) is 0 Å². The van der Waals surface area contributed by atoms with Crippen LogP contribution in [-0.4, -0.2) is 42.3 Å². The number of hydrogen-bond donors (Lipinski definition) is 1. The Morgan fingerprint density at radius 1 is 1.16 bits per heavy atom. The molecule has 5 heteroatoms. The lowest BCUT2D eigenvalue weighted by Crippen LogP contribution is -2.38. The van der Waals surface area contributed by atoms with Crippen molar-refractivity contribution in [1.29, 1.82) is 0 Å². The molecule has 0 aromatic carbocycles. The molecule has 0 amide bonds. The zero-order chi connectivity index (χ0) is 14.7. The van der Waals surface area contributed by atoms with Gasteiger partial charge in [0.15, 0.2) is 11.9 Å². The summed E-state index contributed by atoms with van der Waals surface area (Å²) >= 11 is 0. The number of rotatable bonds is 11. The molecule has 0 radical (unpaired) electrons. The van der Waals surface area contributed by atoms with Crippen LogP contribution < -0.4 is 0 Å². The summed E-state index contributed by atoms with van der Waals surface area (Å²) in [6.07, 6.45) is 1.48. The number of carbonyl (C=O) groups excluding carboxylic acids is 2. The third-order valence-electron chi connectivity index (χ3n) is 2.82. The van der Waals surface area contributed by atoms with Crippen molar-refractivity contribution < 1.29 is 24.2 Å². The van der Waals surface area contributed by atoms with E-state index in [0.29, 0.717) is 25.9 Å². The topological polar surface area (TPSA) is 72.8 Å². The highest BCUT2D eigenvalue weighted by molar-refractivity contribution is 5.85. The number of unbranched alkanes of at least 4 members (excludes halogenated alkanes) is 2. The van der Waals surface area contributed by atoms with Crippen molar-refractivity contribution >= 4 is 11.8 Å². The van der Waals surface area contributed by atoms with E-state index in [2.05, 4.69) is 0 Å². The van der Waals surface area contributed by atoms with E-state index in [0.717, 1.165) is 6.42 Å². The minimum atomic E-state index is -0.810. The molecule has 0 aromatic rings. The molecule has 2 atom stereocenters. The van der Waals surface area contributed by atoms with Gasteiger partial charge in [-0.2, -0.15) is 0 Å². The van der Waals surface area contributed by atoms with Crippen LogP contribution >= 0.6 is 0 Å². The van der Waals surface area contributed by atoms with Crippen molar-refractivity contribution in [2.24, 2.45) is 0 Å². The second-order valence-corrected chi connectivity index (χ2v) is 4.43. The SMILES string of the molecule is CCOC(C)C(OC(=O)CCCCCO)C(=O)CC. The molecule has 0 saturated carbocycles. The van der Waals surface area contributed by atoms with E-state index in [4.69, 9.17) is 14.6 Å². The minimum absolute atomic E-state index is 0.121. The fourth-order valence-electron chi connectivity index (χ4n) is 1.73. The van der Waals surface area contributed by atoms with Crippen molar-refractivity contribution in [2.45, 2.75) is 65.1 Å². The maximum absolute atomic E-state index is 11.7. The van der Waals surface area contributed by atoms with Gasteiger partial charge in [-0.3, -0.25) is 9.59 Å². The molecule has 0 aliphatic heterocycles. The maximum Gasteiger partial charge on any atom is 0.306 e. The Kier molecular flexibility index (Phi) is 10.4. The normalized spacial score (nSPS) is 13.9. The molecule has 0 spiro atoms. The Morgan fingerprint density at radius 3 is 2.37 bits per heavy atom. The van der Waals surface area contributed by atoms with E-state index in [1.54, 1.807) is 13.8 Å². The Balaban J connectivity index is 4.23. The second kappa shape index (κ2) is 10.9. The van der Waals surface area contributed by atoms with Crippen molar-refractivity contribution in [1.82, 2.24) is 0 Å². The number of ether oxygens (including phenoxy) is 2. The van der Waals surface area contributed by atoms with Gasteiger partial charge in [0.05, 0.1) is 6.10 Å². The molecule has 5 nitrogen and oxygen atoms in total. The van der Waals surface area contributed by atoms with Gasteiger partial charge in [-0.05, 0) is 26.7 Å². The van der Waals surface area contributed by atoms with Crippen LogP contribution in [0.15, 0.2) is 0 Å². The lowest BCUT2D eigenvalue weighted by Gasteiger charge is -2.22. The summed E-state index contributed by atoms with van der Waals surface area (Å²) in [5, 5.41) is 8.64. The molecule has 19 heavy (non-hydrogen) atoms. The van der Waals surface area contributed by atoms with Crippen LogP contribution in [-0.2, 0) is 19.1 Å². The lowest BCUT2D eigenvalue weighted by molar-refractivity contribution is -0.163. The zero-order valence-electron chi connectivity index (χ0n) is 12.2. The molecule has 0 saturated heterocycles. The number of hydrogen-bond acceptors (Lipinski definition) is 5. The molecule has 112 valence electrons. The predicted octanol–water partition coefficient (Wildman–Crippen LogP) is 1.85. The summed E-state index contributed by atoms with van der Waals surface area (Å²) in [6, 6.07) is 0. The highest BCUT2D eigenvalue weighted by Gasteiger charge is 2.27. The molecule has 0 heterocycles. The predicted molar refractivity (Wildman–Crippen MR) is 71.8 cm³/mol. The van der Waals surface area contributed by atoms with Gasteiger partial charge in [0, 0.05) is 26.1 Å². The summed E-state index contributed by atoms with van der Waals surface area (Å²) in [4.78, 5) is 23.4. The van der Waals surface area contributed by atoms with Gasteiger partial charge < -0.3 is 14.6 Å². The second-order valence-electron chi connectivity index (χ2n) is 4.43. The highest BCUT2D eigenvalue weighted by Crippen LogP contribution is 2.10. The maximum atomic E-state index is 11.7. The smallest absolute Gasteiger partial charge is 0.306 e. The Hall–Kier alpha value is -0.940. The zero-order valence-corrected chi connectivity index (χ0v) is 12.2. The first kappa shape index (κ1) is 18.1. The number of carbonyl (C=O) groups is 2. The number of ketones is 1. The monoisotopic (exact) mass is 274 g/mol. The van der Waals surface area contributed by atoms with Crippen molar-refractivity contribution in [3.05, 3.63) is 0 Å². The Morgan fingerprint density at radius 2 is 1.84 bits per heavy atom. The molecule has 0 aromatic heterocycles. The van der Waals surface area contributed by atoms with Crippen molar-refractivity contribution in [3.8, 4) is 0 Å². The number of Topliss-reactive ketones (excluding diaryl/α,β-unsaturated/α-hetero) is 1. The molecule has 1 N–H and O–H groups in total.